The molecule has 2 rings (SSSR count). The van der Waals surface area contributed by atoms with Gasteiger partial charge in [0, 0.05) is 0 Å². The van der Waals surface area contributed by atoms with Crippen LogP contribution < -0.4 is 14.6 Å². The SMILES string of the molecule is Cc1cc(OCc2ccccc2)c(O[Si](C)(C)C(C)(C)C)cc1B(O)O. The first kappa shape index (κ1) is 20.6. The fourth-order valence-electron chi connectivity index (χ4n) is 2.31. The molecular weight excluding hydrogens is 343 g/mol. The molecule has 2 aromatic carbocycles. The number of aryl methyl sites for hydroxylation is 1. The minimum absolute atomic E-state index is 0.0204. The van der Waals surface area contributed by atoms with E-state index in [1.807, 2.05) is 43.3 Å². The second-order valence-electron chi connectivity index (χ2n) is 8.17. The van der Waals surface area contributed by atoms with Crippen molar-refractivity contribution in [3.8, 4) is 11.5 Å². The number of hydrogen-bond acceptors (Lipinski definition) is 4. The van der Waals surface area contributed by atoms with Gasteiger partial charge in [0.05, 0.1) is 0 Å². The predicted octanol–water partition coefficient (Wildman–Crippen LogP) is 3.64. The van der Waals surface area contributed by atoms with Gasteiger partial charge >= 0.3 is 7.12 Å². The number of hydrogen-bond donors (Lipinski definition) is 2. The Labute approximate surface area is 158 Å². The highest BCUT2D eigenvalue weighted by atomic mass is 28.4. The molecule has 0 saturated heterocycles. The summed E-state index contributed by atoms with van der Waals surface area (Å²) in [5.41, 5.74) is 2.26. The van der Waals surface area contributed by atoms with Crippen molar-refractivity contribution < 1.29 is 19.2 Å². The maximum atomic E-state index is 9.66. The first-order valence-electron chi connectivity index (χ1n) is 8.88. The standard InChI is InChI=1S/C20H29BO4Si/c1-15-12-18(24-14-16-10-8-7-9-11-16)19(13-17(15)21(22)23)25-26(5,6)20(2,3)4/h7-13,22-23H,14H2,1-6H3. The Morgan fingerprint density at radius 1 is 1.00 bits per heavy atom. The molecule has 0 aliphatic carbocycles. The lowest BCUT2D eigenvalue weighted by Crippen LogP contribution is -2.44. The van der Waals surface area contributed by atoms with Crippen LogP contribution in [0.25, 0.3) is 0 Å². The van der Waals surface area contributed by atoms with E-state index in [1.54, 1.807) is 6.07 Å². The highest BCUT2D eigenvalue weighted by Crippen LogP contribution is 2.40. The lowest BCUT2D eigenvalue weighted by Gasteiger charge is -2.37. The molecule has 0 saturated carbocycles. The van der Waals surface area contributed by atoms with Gasteiger partial charge in [0.1, 0.15) is 12.4 Å². The fourth-order valence-corrected chi connectivity index (χ4v) is 3.33. The Hall–Kier alpha value is -1.76. The summed E-state index contributed by atoms with van der Waals surface area (Å²) in [6.45, 7) is 13.1. The van der Waals surface area contributed by atoms with Crippen LogP contribution >= 0.6 is 0 Å². The minimum Gasteiger partial charge on any atom is -0.541 e. The molecule has 0 atom stereocenters. The molecule has 140 valence electrons. The molecule has 0 aromatic heterocycles. The number of rotatable bonds is 6. The van der Waals surface area contributed by atoms with E-state index >= 15 is 0 Å². The molecule has 6 heteroatoms. The Morgan fingerprint density at radius 2 is 1.62 bits per heavy atom. The third kappa shape index (κ3) is 4.90. The van der Waals surface area contributed by atoms with Crippen molar-refractivity contribution in [1.29, 1.82) is 0 Å². The smallest absolute Gasteiger partial charge is 0.488 e. The van der Waals surface area contributed by atoms with Crippen LogP contribution in [0, 0.1) is 6.92 Å². The van der Waals surface area contributed by atoms with Gasteiger partial charge in [-0.1, -0.05) is 51.1 Å². The third-order valence-electron chi connectivity index (χ3n) is 5.02. The van der Waals surface area contributed by atoms with E-state index in [-0.39, 0.29) is 5.04 Å². The number of ether oxygens (including phenoxy) is 1. The first-order valence-corrected chi connectivity index (χ1v) is 11.8. The van der Waals surface area contributed by atoms with Crippen LogP contribution in [0.15, 0.2) is 42.5 Å². The van der Waals surface area contributed by atoms with Crippen molar-refractivity contribution in [2.45, 2.75) is 52.4 Å². The van der Waals surface area contributed by atoms with Crippen LogP contribution in [0.1, 0.15) is 31.9 Å². The van der Waals surface area contributed by atoms with Gasteiger partial charge in [-0.2, -0.15) is 0 Å². The summed E-state index contributed by atoms with van der Waals surface area (Å²) in [5.74, 6) is 1.20. The van der Waals surface area contributed by atoms with Gasteiger partial charge in [-0.3, -0.25) is 0 Å². The normalized spacial score (nSPS) is 12.0. The molecule has 26 heavy (non-hydrogen) atoms. The molecule has 2 N–H and O–H groups in total. The van der Waals surface area contributed by atoms with Gasteiger partial charge in [-0.15, -0.1) is 0 Å². The summed E-state index contributed by atoms with van der Waals surface area (Å²) >= 11 is 0. The molecular formula is C20H29BO4Si. The highest BCUT2D eigenvalue weighted by molar-refractivity contribution is 6.74. The third-order valence-corrected chi connectivity index (χ3v) is 9.36. The topological polar surface area (TPSA) is 58.9 Å². The van der Waals surface area contributed by atoms with E-state index in [4.69, 9.17) is 9.16 Å². The molecule has 0 aliphatic heterocycles. The van der Waals surface area contributed by atoms with Crippen LogP contribution in [-0.2, 0) is 6.61 Å². The lowest BCUT2D eigenvalue weighted by atomic mass is 9.77. The van der Waals surface area contributed by atoms with Crippen molar-refractivity contribution >= 4 is 20.9 Å². The van der Waals surface area contributed by atoms with Crippen molar-refractivity contribution in [2.24, 2.45) is 0 Å². The zero-order valence-electron chi connectivity index (χ0n) is 16.5. The average Bonchev–Trinajstić information content (AvgIpc) is 2.54. The summed E-state index contributed by atoms with van der Waals surface area (Å²) in [7, 11) is -3.65. The van der Waals surface area contributed by atoms with Crippen LogP contribution in [-0.4, -0.2) is 25.5 Å². The lowest BCUT2D eigenvalue weighted by molar-refractivity contribution is 0.294. The van der Waals surface area contributed by atoms with Crippen molar-refractivity contribution in [1.82, 2.24) is 0 Å². The van der Waals surface area contributed by atoms with Gasteiger partial charge in [0.15, 0.2) is 5.75 Å². The van der Waals surface area contributed by atoms with Crippen LogP contribution in [0.3, 0.4) is 0 Å². The molecule has 0 bridgehead atoms. The van der Waals surface area contributed by atoms with E-state index in [2.05, 4.69) is 33.9 Å². The molecule has 0 heterocycles. The summed E-state index contributed by atoms with van der Waals surface area (Å²) < 4.78 is 12.5. The molecule has 0 unspecified atom stereocenters. The molecule has 2 aromatic rings. The second-order valence-corrected chi connectivity index (χ2v) is 12.9. The second kappa shape index (κ2) is 7.86. The van der Waals surface area contributed by atoms with E-state index in [9.17, 15) is 10.0 Å². The zero-order chi connectivity index (χ0) is 19.5. The molecule has 0 amide bonds. The highest BCUT2D eigenvalue weighted by Gasteiger charge is 2.39. The van der Waals surface area contributed by atoms with E-state index in [1.165, 1.54) is 0 Å². The predicted molar refractivity (Wildman–Crippen MR) is 110 cm³/mol. The van der Waals surface area contributed by atoms with Gasteiger partial charge in [-0.25, -0.2) is 0 Å². The van der Waals surface area contributed by atoms with E-state index in [0.717, 1.165) is 11.1 Å². The average molecular weight is 372 g/mol. The quantitative estimate of drug-likeness (QED) is 0.761. The summed E-state index contributed by atoms with van der Waals surface area (Å²) in [6.07, 6.45) is 0. The zero-order valence-corrected chi connectivity index (χ0v) is 17.5. The van der Waals surface area contributed by atoms with Crippen LogP contribution in [0.2, 0.25) is 18.1 Å². The minimum atomic E-state index is -2.10. The molecule has 4 nitrogen and oxygen atoms in total. The maximum Gasteiger partial charge on any atom is 0.488 e. The summed E-state index contributed by atoms with van der Waals surface area (Å²) in [5, 5.41) is 19.3. The van der Waals surface area contributed by atoms with E-state index in [0.29, 0.717) is 23.6 Å². The monoisotopic (exact) mass is 372 g/mol. The molecule has 0 aliphatic rings. The molecule has 0 radical (unpaired) electrons. The van der Waals surface area contributed by atoms with Gasteiger partial charge < -0.3 is 19.2 Å². The molecule has 0 fully saturated rings. The largest absolute Gasteiger partial charge is 0.541 e. The molecule has 0 spiro atoms. The number of benzene rings is 2. The summed E-state index contributed by atoms with van der Waals surface area (Å²) in [6, 6.07) is 13.4. The van der Waals surface area contributed by atoms with Crippen molar-refractivity contribution in [2.75, 3.05) is 0 Å². The van der Waals surface area contributed by atoms with E-state index < -0.39 is 15.4 Å². The fraction of sp³-hybridized carbons (Fsp3) is 0.400. The Kier molecular flexibility index (Phi) is 6.21. The van der Waals surface area contributed by atoms with Gasteiger partial charge in [0.25, 0.3) is 8.32 Å². The first-order chi connectivity index (χ1) is 12.0. The van der Waals surface area contributed by atoms with Crippen molar-refractivity contribution in [3.63, 3.8) is 0 Å². The maximum absolute atomic E-state index is 9.66. The van der Waals surface area contributed by atoms with Crippen LogP contribution in [0.4, 0.5) is 0 Å². The van der Waals surface area contributed by atoms with Gasteiger partial charge in [0.2, 0.25) is 0 Å². The Morgan fingerprint density at radius 3 is 2.15 bits per heavy atom. The summed E-state index contributed by atoms with van der Waals surface area (Å²) in [4.78, 5) is 0. The van der Waals surface area contributed by atoms with Crippen LogP contribution in [0.5, 0.6) is 11.5 Å². The van der Waals surface area contributed by atoms with Crippen molar-refractivity contribution in [3.05, 3.63) is 53.6 Å². The Bertz CT molecular complexity index is 739. The Balaban J connectivity index is 2.37. The van der Waals surface area contributed by atoms with Gasteiger partial charge in [-0.05, 0) is 53.8 Å².